The number of carbonyl (C=O) groups is 1. The molecule has 3 nitrogen and oxygen atoms in total. The molecule has 0 radical (unpaired) electrons. The molecule has 3 aromatic rings. The van der Waals surface area contributed by atoms with E-state index < -0.39 is 5.82 Å². The fourth-order valence-electron chi connectivity index (χ4n) is 1.94. The normalized spacial score (nSPS) is 10.0. The standard InChI is InChI=1S/C8H5BrClFO.C8H6BrClN2.CH4/c1-4-6(10)2-7(11)5(3-12)8(4)9;1-4-6(10)2-7-5(8(4)9)3-11-12-7;/h2-3H,1H3;2-3H,1H3,(H,11,12);1H4. The lowest BCUT2D eigenvalue weighted by Crippen LogP contribution is -1.92. The molecule has 0 fully saturated rings. The van der Waals surface area contributed by atoms with Crippen LogP contribution >= 0.6 is 55.1 Å². The van der Waals surface area contributed by atoms with Gasteiger partial charge in [0.15, 0.2) is 6.29 Å². The first-order valence-corrected chi connectivity index (χ1v) is 8.99. The van der Waals surface area contributed by atoms with Crippen molar-refractivity contribution in [1.82, 2.24) is 10.2 Å². The molecule has 25 heavy (non-hydrogen) atoms. The van der Waals surface area contributed by atoms with Gasteiger partial charge in [-0.05, 0) is 69.0 Å². The molecule has 8 heteroatoms. The minimum Gasteiger partial charge on any atom is -0.298 e. The monoisotopic (exact) mass is 510 g/mol. The van der Waals surface area contributed by atoms with Gasteiger partial charge in [0.05, 0.1) is 17.3 Å². The number of aldehydes is 1. The highest BCUT2D eigenvalue weighted by atomic mass is 79.9. The number of hydrogen-bond donors (Lipinski definition) is 1. The second-order valence-electron chi connectivity index (χ2n) is 4.94. The van der Waals surface area contributed by atoms with Crippen molar-refractivity contribution in [1.29, 1.82) is 0 Å². The number of aromatic nitrogens is 2. The molecule has 0 atom stereocenters. The Morgan fingerprint density at radius 3 is 2.28 bits per heavy atom. The van der Waals surface area contributed by atoms with Gasteiger partial charge < -0.3 is 0 Å². The maximum atomic E-state index is 12.9. The van der Waals surface area contributed by atoms with Crippen LogP contribution in [-0.4, -0.2) is 16.5 Å². The highest BCUT2D eigenvalue weighted by Gasteiger charge is 2.11. The Bertz CT molecular complexity index is 929. The molecule has 0 aliphatic carbocycles. The van der Waals surface area contributed by atoms with Gasteiger partial charge in [-0.3, -0.25) is 9.89 Å². The van der Waals surface area contributed by atoms with Gasteiger partial charge in [-0.1, -0.05) is 30.6 Å². The van der Waals surface area contributed by atoms with Crippen molar-refractivity contribution in [3.63, 3.8) is 0 Å². The van der Waals surface area contributed by atoms with E-state index >= 15 is 0 Å². The maximum Gasteiger partial charge on any atom is 0.154 e. The summed E-state index contributed by atoms with van der Waals surface area (Å²) in [5.74, 6) is -0.604. The van der Waals surface area contributed by atoms with Crippen LogP contribution in [0.5, 0.6) is 0 Å². The second kappa shape index (κ2) is 9.12. The number of carbonyl (C=O) groups excluding carboxylic acids is 1. The molecule has 3 rings (SSSR count). The first kappa shape index (κ1) is 22.1. The average Bonchev–Trinajstić information content (AvgIpc) is 3.00. The summed E-state index contributed by atoms with van der Waals surface area (Å²) in [6, 6.07) is 3.01. The zero-order valence-corrected chi connectivity index (χ0v) is 17.2. The van der Waals surface area contributed by atoms with Crippen LogP contribution in [0.25, 0.3) is 10.9 Å². The third-order valence-electron chi connectivity index (χ3n) is 3.42. The molecule has 0 aliphatic heterocycles. The molecule has 0 aliphatic rings. The highest BCUT2D eigenvalue weighted by Crippen LogP contribution is 2.31. The molecule has 0 spiro atoms. The Balaban J connectivity index is 0.000000240. The molecule has 2 aromatic carbocycles. The number of aromatic amines is 1. The first-order chi connectivity index (χ1) is 11.3. The molecule has 0 bridgehead atoms. The average molecular weight is 513 g/mol. The Morgan fingerprint density at radius 2 is 1.68 bits per heavy atom. The van der Waals surface area contributed by atoms with E-state index in [1.54, 1.807) is 13.1 Å². The third kappa shape index (κ3) is 4.61. The Kier molecular flexibility index (Phi) is 8.06. The number of benzene rings is 2. The van der Waals surface area contributed by atoms with Crippen LogP contribution in [0, 0.1) is 19.7 Å². The van der Waals surface area contributed by atoms with Crippen molar-refractivity contribution in [3.8, 4) is 0 Å². The summed E-state index contributed by atoms with van der Waals surface area (Å²) in [6.45, 7) is 3.68. The minimum atomic E-state index is -0.604. The third-order valence-corrected chi connectivity index (χ3v) is 6.25. The number of nitrogens with one attached hydrogen (secondary N) is 1. The van der Waals surface area contributed by atoms with Gasteiger partial charge in [-0.2, -0.15) is 5.10 Å². The van der Waals surface area contributed by atoms with Gasteiger partial charge >= 0.3 is 0 Å². The molecule has 1 aromatic heterocycles. The van der Waals surface area contributed by atoms with Crippen LogP contribution in [0.15, 0.2) is 27.3 Å². The number of nitrogens with zero attached hydrogens (tertiary/aromatic N) is 1. The summed E-state index contributed by atoms with van der Waals surface area (Å²) in [5.41, 5.74) is 2.68. The van der Waals surface area contributed by atoms with Crippen molar-refractivity contribution in [2.24, 2.45) is 0 Å². The number of halogens is 5. The molecule has 134 valence electrons. The Hall–Kier alpha value is -0.950. The summed E-state index contributed by atoms with van der Waals surface area (Å²) in [4.78, 5) is 10.4. The largest absolute Gasteiger partial charge is 0.298 e. The number of fused-ring (bicyclic) bond motifs is 1. The van der Waals surface area contributed by atoms with Crippen LogP contribution in [-0.2, 0) is 0 Å². The Morgan fingerprint density at radius 1 is 1.12 bits per heavy atom. The molecule has 0 unspecified atom stereocenters. The lowest BCUT2D eigenvalue weighted by molar-refractivity contribution is 0.111. The van der Waals surface area contributed by atoms with Gasteiger partial charge in [0.25, 0.3) is 0 Å². The van der Waals surface area contributed by atoms with Crippen molar-refractivity contribution in [3.05, 3.63) is 59.8 Å². The maximum absolute atomic E-state index is 12.9. The van der Waals surface area contributed by atoms with Crippen LogP contribution in [0.1, 0.15) is 28.9 Å². The SMILES string of the molecule is C.Cc1c(Cl)cc(F)c(C=O)c1Br.Cc1c(Cl)cc2[nH]ncc2c1Br. The summed E-state index contributed by atoms with van der Waals surface area (Å²) < 4.78 is 14.4. The van der Waals surface area contributed by atoms with E-state index in [1.807, 2.05) is 13.0 Å². The highest BCUT2D eigenvalue weighted by molar-refractivity contribution is 9.11. The summed E-state index contributed by atoms with van der Waals surface area (Å²) in [6.07, 6.45) is 2.24. The molecular weight excluding hydrogens is 498 g/mol. The summed E-state index contributed by atoms with van der Waals surface area (Å²) >= 11 is 18.2. The second-order valence-corrected chi connectivity index (χ2v) is 7.34. The van der Waals surface area contributed by atoms with Crippen molar-refractivity contribution < 1.29 is 9.18 Å². The lowest BCUT2D eigenvalue weighted by atomic mass is 10.1. The van der Waals surface area contributed by atoms with Crippen LogP contribution in [0.3, 0.4) is 0 Å². The zero-order valence-electron chi connectivity index (χ0n) is 12.6. The van der Waals surface area contributed by atoms with Crippen LogP contribution < -0.4 is 0 Å². The van der Waals surface area contributed by atoms with Crippen molar-refractivity contribution in [2.45, 2.75) is 21.3 Å². The zero-order chi connectivity index (χ0) is 18.0. The van der Waals surface area contributed by atoms with E-state index in [0.717, 1.165) is 32.0 Å². The van der Waals surface area contributed by atoms with Crippen LogP contribution in [0.4, 0.5) is 4.39 Å². The molecule has 0 amide bonds. The number of rotatable bonds is 1. The van der Waals surface area contributed by atoms with E-state index in [0.29, 0.717) is 21.3 Å². The van der Waals surface area contributed by atoms with Crippen molar-refractivity contribution >= 4 is 72.3 Å². The van der Waals surface area contributed by atoms with E-state index in [2.05, 4.69) is 42.1 Å². The molecule has 0 saturated heterocycles. The number of hydrogen-bond acceptors (Lipinski definition) is 2. The van der Waals surface area contributed by atoms with E-state index in [1.165, 1.54) is 0 Å². The first-order valence-electron chi connectivity index (χ1n) is 6.64. The lowest BCUT2D eigenvalue weighted by Gasteiger charge is -2.04. The van der Waals surface area contributed by atoms with Gasteiger partial charge in [0.1, 0.15) is 5.82 Å². The van der Waals surface area contributed by atoms with Gasteiger partial charge in [-0.25, -0.2) is 4.39 Å². The Labute approximate surface area is 172 Å². The van der Waals surface area contributed by atoms with E-state index in [9.17, 15) is 9.18 Å². The smallest absolute Gasteiger partial charge is 0.154 e. The molecule has 0 saturated carbocycles. The van der Waals surface area contributed by atoms with Gasteiger partial charge in [0.2, 0.25) is 0 Å². The van der Waals surface area contributed by atoms with Gasteiger partial charge in [-0.15, -0.1) is 0 Å². The summed E-state index contributed by atoms with van der Waals surface area (Å²) in [5, 5.41) is 8.92. The van der Waals surface area contributed by atoms with Crippen LogP contribution in [0.2, 0.25) is 10.0 Å². The molecule has 1 heterocycles. The quantitative estimate of drug-likeness (QED) is 0.348. The minimum absolute atomic E-state index is 0. The summed E-state index contributed by atoms with van der Waals surface area (Å²) in [7, 11) is 0. The topological polar surface area (TPSA) is 45.8 Å². The molecule has 1 N–H and O–H groups in total. The van der Waals surface area contributed by atoms with Gasteiger partial charge in [0, 0.05) is 24.4 Å². The predicted molar refractivity (Wildman–Crippen MR) is 110 cm³/mol. The number of H-pyrrole nitrogens is 1. The fourth-order valence-corrected chi connectivity index (χ4v) is 3.59. The predicted octanol–water partition coefficient (Wildman–Crippen LogP) is 7.29. The fraction of sp³-hybridized carbons (Fsp3) is 0.176. The van der Waals surface area contributed by atoms with Crippen molar-refractivity contribution in [2.75, 3.05) is 0 Å². The van der Waals surface area contributed by atoms with E-state index in [-0.39, 0.29) is 13.0 Å². The van der Waals surface area contributed by atoms with E-state index in [4.69, 9.17) is 23.2 Å². The molecular formula is C17H15Br2Cl2FN2O.